The fourth-order valence-electron chi connectivity index (χ4n) is 1.95. The molecule has 0 atom stereocenters. The van der Waals surface area contributed by atoms with Crippen LogP contribution < -0.4 is 5.32 Å². The second kappa shape index (κ2) is 5.82. The zero-order chi connectivity index (χ0) is 12.9. The van der Waals surface area contributed by atoms with Crippen LogP contribution in [0.5, 0.6) is 0 Å². The van der Waals surface area contributed by atoms with Gasteiger partial charge in [-0.15, -0.1) is 0 Å². The number of nitrogens with one attached hydrogen (secondary N) is 1. The minimum absolute atomic E-state index is 0.588. The molecule has 3 heteroatoms. The van der Waals surface area contributed by atoms with Crippen LogP contribution in [0.2, 0.25) is 0 Å². The number of carboxylic acid groups (broad SMARTS) is 1. The monoisotopic (exact) mass is 235 g/mol. The lowest BCUT2D eigenvalue weighted by molar-refractivity contribution is -0.145. The molecule has 0 bridgehead atoms. The van der Waals surface area contributed by atoms with Gasteiger partial charge in [-0.2, -0.15) is 0 Å². The third kappa shape index (κ3) is 3.07. The lowest BCUT2D eigenvalue weighted by Crippen LogP contribution is -2.50. The molecule has 0 fully saturated rings. The quantitative estimate of drug-likeness (QED) is 0.797. The van der Waals surface area contributed by atoms with Crippen LogP contribution in [0.25, 0.3) is 0 Å². The van der Waals surface area contributed by atoms with E-state index in [1.54, 1.807) is 0 Å². The molecule has 0 amide bonds. The maximum absolute atomic E-state index is 11.3. The SMILES string of the molecule is CCC(CC)(NCc1ccccc1C)C(=O)O. The summed E-state index contributed by atoms with van der Waals surface area (Å²) in [6, 6.07) is 8.03. The Balaban J connectivity index is 2.78. The molecule has 1 aromatic carbocycles. The van der Waals surface area contributed by atoms with E-state index in [-0.39, 0.29) is 0 Å². The van der Waals surface area contributed by atoms with Crippen LogP contribution in [-0.4, -0.2) is 16.6 Å². The standard InChI is InChI=1S/C14H21NO2/c1-4-14(5-2,13(16)17)15-10-12-9-7-6-8-11(12)3/h6-9,15H,4-5,10H2,1-3H3,(H,16,17). The number of carbonyl (C=O) groups is 1. The van der Waals surface area contributed by atoms with Crippen molar-refractivity contribution in [3.05, 3.63) is 35.4 Å². The van der Waals surface area contributed by atoms with Crippen molar-refractivity contribution in [1.82, 2.24) is 5.32 Å². The normalized spacial score (nSPS) is 11.5. The van der Waals surface area contributed by atoms with Crippen molar-refractivity contribution >= 4 is 5.97 Å². The smallest absolute Gasteiger partial charge is 0.323 e. The van der Waals surface area contributed by atoms with Crippen LogP contribution in [0.3, 0.4) is 0 Å². The molecule has 0 saturated heterocycles. The number of carboxylic acids is 1. The van der Waals surface area contributed by atoms with Crippen LogP contribution in [0.4, 0.5) is 0 Å². The van der Waals surface area contributed by atoms with Gasteiger partial charge in [0.2, 0.25) is 0 Å². The zero-order valence-electron chi connectivity index (χ0n) is 10.8. The number of aryl methyl sites for hydroxylation is 1. The summed E-state index contributed by atoms with van der Waals surface area (Å²) in [5.41, 5.74) is 1.54. The predicted octanol–water partition coefficient (Wildman–Crippen LogP) is 2.73. The van der Waals surface area contributed by atoms with E-state index in [4.69, 9.17) is 0 Å². The van der Waals surface area contributed by atoms with Gasteiger partial charge in [-0.05, 0) is 30.9 Å². The average Bonchev–Trinajstić information content (AvgIpc) is 2.32. The first-order valence-corrected chi connectivity index (χ1v) is 6.08. The van der Waals surface area contributed by atoms with Crippen LogP contribution in [0.15, 0.2) is 24.3 Å². The second-order valence-corrected chi connectivity index (χ2v) is 4.37. The molecular formula is C14H21NO2. The third-order valence-electron chi connectivity index (χ3n) is 3.49. The van der Waals surface area contributed by atoms with Gasteiger partial charge < -0.3 is 5.11 Å². The third-order valence-corrected chi connectivity index (χ3v) is 3.49. The van der Waals surface area contributed by atoms with Crippen molar-refractivity contribution in [3.8, 4) is 0 Å². The molecule has 1 rings (SSSR count). The van der Waals surface area contributed by atoms with Crippen LogP contribution >= 0.6 is 0 Å². The molecule has 0 aliphatic heterocycles. The Morgan fingerprint density at radius 1 is 1.29 bits per heavy atom. The highest BCUT2D eigenvalue weighted by molar-refractivity contribution is 5.78. The van der Waals surface area contributed by atoms with Crippen molar-refractivity contribution in [2.45, 2.75) is 45.7 Å². The molecular weight excluding hydrogens is 214 g/mol. The first-order chi connectivity index (χ1) is 8.05. The molecule has 0 aromatic heterocycles. The summed E-state index contributed by atoms with van der Waals surface area (Å²) in [6.07, 6.45) is 1.18. The minimum Gasteiger partial charge on any atom is -0.480 e. The average molecular weight is 235 g/mol. The molecule has 0 heterocycles. The fourth-order valence-corrected chi connectivity index (χ4v) is 1.95. The van der Waals surface area contributed by atoms with Gasteiger partial charge in [-0.1, -0.05) is 38.1 Å². The van der Waals surface area contributed by atoms with Crippen LogP contribution in [-0.2, 0) is 11.3 Å². The van der Waals surface area contributed by atoms with Gasteiger partial charge >= 0.3 is 5.97 Å². The maximum atomic E-state index is 11.3. The molecule has 3 nitrogen and oxygen atoms in total. The van der Waals surface area contributed by atoms with Crippen molar-refractivity contribution < 1.29 is 9.90 Å². The molecule has 2 N–H and O–H groups in total. The van der Waals surface area contributed by atoms with Crippen molar-refractivity contribution in [2.24, 2.45) is 0 Å². The number of rotatable bonds is 6. The lowest BCUT2D eigenvalue weighted by Gasteiger charge is -2.28. The summed E-state index contributed by atoms with van der Waals surface area (Å²) in [7, 11) is 0. The summed E-state index contributed by atoms with van der Waals surface area (Å²) in [4.78, 5) is 11.3. The summed E-state index contributed by atoms with van der Waals surface area (Å²) < 4.78 is 0. The largest absolute Gasteiger partial charge is 0.480 e. The molecule has 0 radical (unpaired) electrons. The molecule has 0 aliphatic carbocycles. The van der Waals surface area contributed by atoms with Gasteiger partial charge in [0.1, 0.15) is 5.54 Å². The van der Waals surface area contributed by atoms with E-state index in [9.17, 15) is 9.90 Å². The Morgan fingerprint density at radius 2 is 1.88 bits per heavy atom. The van der Waals surface area contributed by atoms with Crippen molar-refractivity contribution in [3.63, 3.8) is 0 Å². The van der Waals surface area contributed by atoms with Crippen LogP contribution in [0.1, 0.15) is 37.8 Å². The summed E-state index contributed by atoms with van der Waals surface area (Å²) in [5, 5.41) is 12.5. The first-order valence-electron chi connectivity index (χ1n) is 6.08. The van der Waals surface area contributed by atoms with Gasteiger partial charge in [0.25, 0.3) is 0 Å². The molecule has 0 spiro atoms. The van der Waals surface area contributed by atoms with Crippen molar-refractivity contribution in [2.75, 3.05) is 0 Å². The second-order valence-electron chi connectivity index (χ2n) is 4.37. The van der Waals surface area contributed by atoms with E-state index in [1.807, 2.05) is 45.0 Å². The zero-order valence-corrected chi connectivity index (χ0v) is 10.8. The molecule has 0 unspecified atom stereocenters. The molecule has 94 valence electrons. The maximum Gasteiger partial charge on any atom is 0.323 e. The number of hydrogen-bond donors (Lipinski definition) is 2. The van der Waals surface area contributed by atoms with Gasteiger partial charge in [-0.25, -0.2) is 0 Å². The minimum atomic E-state index is -0.803. The van der Waals surface area contributed by atoms with Gasteiger partial charge in [0.15, 0.2) is 0 Å². The topological polar surface area (TPSA) is 49.3 Å². The van der Waals surface area contributed by atoms with E-state index in [0.717, 1.165) is 5.56 Å². The molecule has 0 aliphatic rings. The first kappa shape index (κ1) is 13.7. The van der Waals surface area contributed by atoms with E-state index >= 15 is 0 Å². The number of benzene rings is 1. The lowest BCUT2D eigenvalue weighted by atomic mass is 9.92. The van der Waals surface area contributed by atoms with E-state index in [0.29, 0.717) is 19.4 Å². The Bertz CT molecular complexity index is 384. The predicted molar refractivity (Wildman–Crippen MR) is 69.0 cm³/mol. The number of aliphatic carboxylic acids is 1. The molecule has 1 aromatic rings. The van der Waals surface area contributed by atoms with Crippen LogP contribution in [0, 0.1) is 6.92 Å². The summed E-state index contributed by atoms with van der Waals surface area (Å²) >= 11 is 0. The number of hydrogen-bond acceptors (Lipinski definition) is 2. The molecule has 17 heavy (non-hydrogen) atoms. The summed E-state index contributed by atoms with van der Waals surface area (Å²) in [6.45, 7) is 6.45. The summed E-state index contributed by atoms with van der Waals surface area (Å²) in [5.74, 6) is -0.768. The Morgan fingerprint density at radius 3 is 2.35 bits per heavy atom. The van der Waals surface area contributed by atoms with E-state index in [2.05, 4.69) is 5.32 Å². The highest BCUT2D eigenvalue weighted by Crippen LogP contribution is 2.17. The highest BCUT2D eigenvalue weighted by atomic mass is 16.4. The van der Waals surface area contributed by atoms with Crippen molar-refractivity contribution in [1.29, 1.82) is 0 Å². The van der Waals surface area contributed by atoms with Gasteiger partial charge in [0, 0.05) is 6.54 Å². The Kier molecular flexibility index (Phi) is 4.70. The Hall–Kier alpha value is -1.35. The van der Waals surface area contributed by atoms with E-state index in [1.165, 1.54) is 5.56 Å². The van der Waals surface area contributed by atoms with E-state index < -0.39 is 11.5 Å². The van der Waals surface area contributed by atoms with Gasteiger partial charge in [0.05, 0.1) is 0 Å². The highest BCUT2D eigenvalue weighted by Gasteiger charge is 2.33. The Labute approximate surface area is 103 Å². The van der Waals surface area contributed by atoms with Gasteiger partial charge in [-0.3, -0.25) is 10.1 Å². The molecule has 0 saturated carbocycles. The fraction of sp³-hybridized carbons (Fsp3) is 0.500.